The van der Waals surface area contributed by atoms with Crippen molar-refractivity contribution < 1.29 is 14.3 Å². The first kappa shape index (κ1) is 13.1. The Labute approximate surface area is 108 Å². The Morgan fingerprint density at radius 2 is 1.89 bits per heavy atom. The third kappa shape index (κ3) is 3.33. The molecule has 0 unspecified atom stereocenters. The summed E-state index contributed by atoms with van der Waals surface area (Å²) in [5.41, 5.74) is 0.874. The minimum Gasteiger partial charge on any atom is -0.434 e. The molecular weight excluding hydrogens is 228 g/mol. The first-order valence-electron chi connectivity index (χ1n) is 6.72. The van der Waals surface area contributed by atoms with Crippen LogP contribution in [-0.2, 0) is 14.3 Å². The summed E-state index contributed by atoms with van der Waals surface area (Å²) in [6.45, 7) is 2.18. The van der Waals surface area contributed by atoms with Gasteiger partial charge in [0.2, 0.25) is 6.29 Å². The quantitative estimate of drug-likeness (QED) is 0.570. The van der Waals surface area contributed by atoms with Crippen LogP contribution in [0.25, 0.3) is 0 Å². The number of ether oxygens (including phenoxy) is 2. The number of benzene rings is 1. The third-order valence-corrected chi connectivity index (χ3v) is 3.15. The van der Waals surface area contributed by atoms with E-state index in [4.69, 9.17) is 9.47 Å². The van der Waals surface area contributed by atoms with E-state index in [-0.39, 0.29) is 12.3 Å². The molecule has 0 radical (unpaired) electrons. The van der Waals surface area contributed by atoms with E-state index >= 15 is 0 Å². The van der Waals surface area contributed by atoms with Crippen LogP contribution < -0.4 is 0 Å². The molecule has 3 nitrogen and oxygen atoms in total. The molecule has 1 aliphatic rings. The van der Waals surface area contributed by atoms with Gasteiger partial charge in [0, 0.05) is 6.42 Å². The summed E-state index contributed by atoms with van der Waals surface area (Å²) in [6.07, 6.45) is 4.55. The van der Waals surface area contributed by atoms with Crippen LogP contribution in [0.4, 0.5) is 0 Å². The molecule has 1 heterocycles. The lowest BCUT2D eigenvalue weighted by Gasteiger charge is -2.09. The Balaban J connectivity index is 1.84. The molecule has 0 spiro atoms. The molecule has 1 aliphatic heterocycles. The summed E-state index contributed by atoms with van der Waals surface area (Å²) < 4.78 is 10.9. The predicted molar refractivity (Wildman–Crippen MR) is 68.9 cm³/mol. The van der Waals surface area contributed by atoms with Crippen LogP contribution >= 0.6 is 0 Å². The monoisotopic (exact) mass is 248 g/mol. The summed E-state index contributed by atoms with van der Waals surface area (Å²) in [5.74, 6) is -0.262. The van der Waals surface area contributed by atoms with Crippen molar-refractivity contribution in [3.8, 4) is 0 Å². The lowest BCUT2D eigenvalue weighted by Crippen LogP contribution is -2.07. The highest BCUT2D eigenvalue weighted by atomic mass is 16.7. The zero-order chi connectivity index (χ0) is 12.8. The Morgan fingerprint density at radius 3 is 2.61 bits per heavy atom. The lowest BCUT2D eigenvalue weighted by atomic mass is 10.1. The van der Waals surface area contributed by atoms with Crippen molar-refractivity contribution in [1.82, 2.24) is 0 Å². The molecule has 0 saturated carbocycles. The van der Waals surface area contributed by atoms with E-state index in [1.165, 1.54) is 19.3 Å². The van der Waals surface area contributed by atoms with Gasteiger partial charge in [-0.15, -0.1) is 0 Å². The summed E-state index contributed by atoms with van der Waals surface area (Å²) in [7, 11) is 0. The molecule has 1 fully saturated rings. The molecule has 0 aliphatic carbocycles. The van der Waals surface area contributed by atoms with Gasteiger partial charge in [-0.1, -0.05) is 56.5 Å². The molecule has 2 atom stereocenters. The average molecular weight is 248 g/mol. The lowest BCUT2D eigenvalue weighted by molar-refractivity contribution is -0.144. The second kappa shape index (κ2) is 6.55. The molecule has 1 aromatic rings. The number of rotatable bonds is 6. The van der Waals surface area contributed by atoms with Crippen LogP contribution in [0.5, 0.6) is 0 Å². The Hall–Kier alpha value is -1.35. The number of unbranched alkanes of at least 4 members (excludes halogenated alkanes) is 3. The zero-order valence-corrected chi connectivity index (χ0v) is 10.8. The molecular formula is C15H20O3. The van der Waals surface area contributed by atoms with Gasteiger partial charge < -0.3 is 9.47 Å². The van der Waals surface area contributed by atoms with Gasteiger partial charge in [-0.25, -0.2) is 4.79 Å². The molecule has 98 valence electrons. The number of carbonyl (C=O) groups is 1. The van der Waals surface area contributed by atoms with Crippen molar-refractivity contribution in [3.63, 3.8) is 0 Å². The van der Waals surface area contributed by atoms with Crippen LogP contribution in [0, 0.1) is 0 Å². The first-order valence-corrected chi connectivity index (χ1v) is 6.72. The van der Waals surface area contributed by atoms with Crippen molar-refractivity contribution in [2.75, 3.05) is 0 Å². The number of hydrogen-bond donors (Lipinski definition) is 0. The summed E-state index contributed by atoms with van der Waals surface area (Å²) in [5, 5.41) is 0. The Kier molecular flexibility index (Phi) is 4.76. The van der Waals surface area contributed by atoms with Crippen molar-refractivity contribution >= 4 is 5.97 Å². The van der Waals surface area contributed by atoms with Gasteiger partial charge in [-0.05, 0) is 12.0 Å². The van der Waals surface area contributed by atoms with Gasteiger partial charge in [-0.3, -0.25) is 0 Å². The van der Waals surface area contributed by atoms with Crippen molar-refractivity contribution in [2.45, 2.75) is 51.4 Å². The molecule has 1 aromatic carbocycles. The smallest absolute Gasteiger partial charge is 0.342 e. The Morgan fingerprint density at radius 1 is 1.11 bits per heavy atom. The number of hydrogen-bond acceptors (Lipinski definition) is 3. The minimum atomic E-state index is -0.539. The van der Waals surface area contributed by atoms with Gasteiger partial charge in [0.05, 0.1) is 0 Å². The van der Waals surface area contributed by atoms with Gasteiger partial charge in [0.1, 0.15) is 0 Å². The normalized spacial score (nSPS) is 23.1. The fourth-order valence-electron chi connectivity index (χ4n) is 2.13. The van der Waals surface area contributed by atoms with E-state index in [2.05, 4.69) is 6.92 Å². The maximum atomic E-state index is 11.7. The molecule has 1 saturated heterocycles. The van der Waals surface area contributed by atoms with Crippen molar-refractivity contribution in [2.24, 2.45) is 0 Å². The van der Waals surface area contributed by atoms with E-state index < -0.39 is 6.10 Å². The highest BCUT2D eigenvalue weighted by Crippen LogP contribution is 2.29. The van der Waals surface area contributed by atoms with Crippen LogP contribution in [-0.4, -0.2) is 12.3 Å². The van der Waals surface area contributed by atoms with Crippen LogP contribution in [0.2, 0.25) is 0 Å². The standard InChI is InChI=1S/C15H20O3/c1-2-3-4-8-11-13-17-14(15(16)18-13)12-9-6-5-7-10-12/h5-7,9-10,13-14H,2-4,8,11H2,1H3/t13-,14-/m0/s1. The maximum Gasteiger partial charge on any atom is 0.342 e. The minimum absolute atomic E-state index is 0.262. The Bertz CT molecular complexity index is 375. The van der Waals surface area contributed by atoms with E-state index in [9.17, 15) is 4.79 Å². The second-order valence-electron chi connectivity index (χ2n) is 4.64. The number of carbonyl (C=O) groups excluding carboxylic acids is 1. The topological polar surface area (TPSA) is 35.5 Å². The van der Waals surface area contributed by atoms with Gasteiger partial charge >= 0.3 is 5.97 Å². The van der Waals surface area contributed by atoms with E-state index in [1.54, 1.807) is 0 Å². The fraction of sp³-hybridized carbons (Fsp3) is 0.533. The fourth-order valence-corrected chi connectivity index (χ4v) is 2.13. The van der Waals surface area contributed by atoms with Crippen LogP contribution in [0.3, 0.4) is 0 Å². The van der Waals surface area contributed by atoms with Crippen LogP contribution in [0.1, 0.15) is 50.7 Å². The molecule has 18 heavy (non-hydrogen) atoms. The predicted octanol–water partition coefficient (Wildman–Crippen LogP) is 3.60. The first-order chi connectivity index (χ1) is 8.81. The molecule has 0 N–H and O–H groups in total. The van der Waals surface area contributed by atoms with Crippen molar-refractivity contribution in [3.05, 3.63) is 35.9 Å². The highest BCUT2D eigenvalue weighted by molar-refractivity contribution is 5.77. The van der Waals surface area contributed by atoms with Gasteiger partial charge in [0.15, 0.2) is 6.10 Å². The number of esters is 1. The van der Waals surface area contributed by atoms with Gasteiger partial charge in [0.25, 0.3) is 0 Å². The summed E-state index contributed by atoms with van der Waals surface area (Å²) in [6, 6.07) is 9.52. The second-order valence-corrected chi connectivity index (χ2v) is 4.64. The molecule has 0 aromatic heterocycles. The van der Waals surface area contributed by atoms with E-state index in [1.807, 2.05) is 30.3 Å². The SMILES string of the molecule is CCCCCC[C@@H]1OC(=O)[C@H](c2ccccc2)O1. The number of cyclic esters (lactones) is 1. The van der Waals surface area contributed by atoms with E-state index in [0.717, 1.165) is 18.4 Å². The summed E-state index contributed by atoms with van der Waals surface area (Å²) >= 11 is 0. The molecule has 2 rings (SSSR count). The molecule has 0 amide bonds. The molecule has 0 bridgehead atoms. The van der Waals surface area contributed by atoms with Gasteiger partial charge in [-0.2, -0.15) is 0 Å². The maximum absolute atomic E-state index is 11.7. The van der Waals surface area contributed by atoms with Crippen LogP contribution in [0.15, 0.2) is 30.3 Å². The summed E-state index contributed by atoms with van der Waals surface area (Å²) in [4.78, 5) is 11.7. The van der Waals surface area contributed by atoms with Crippen molar-refractivity contribution in [1.29, 1.82) is 0 Å². The average Bonchev–Trinajstić information content (AvgIpc) is 2.77. The zero-order valence-electron chi connectivity index (χ0n) is 10.8. The van der Waals surface area contributed by atoms with E-state index in [0.29, 0.717) is 0 Å². The highest BCUT2D eigenvalue weighted by Gasteiger charge is 2.35. The largest absolute Gasteiger partial charge is 0.434 e. The molecule has 3 heteroatoms. The third-order valence-electron chi connectivity index (χ3n) is 3.15.